The van der Waals surface area contributed by atoms with Crippen LogP contribution >= 0.6 is 63.7 Å². The number of esters is 2. The molecule has 0 aliphatic rings. The van der Waals surface area contributed by atoms with Gasteiger partial charge < -0.3 is 38.6 Å². The Morgan fingerprint density at radius 1 is 0.264 bits per heavy atom. The number of rotatable bonds is 17. The lowest BCUT2D eigenvalue weighted by atomic mass is 9.78. The summed E-state index contributed by atoms with van der Waals surface area (Å²) in [4.78, 5) is 59.6. The van der Waals surface area contributed by atoms with Crippen molar-refractivity contribution >= 4 is 92.7 Å². The number of hydrogen-bond donors (Lipinski definition) is 2. The molecule has 478 valence electrons. The summed E-state index contributed by atoms with van der Waals surface area (Å²) in [5.41, 5.74) is 6.95. The van der Waals surface area contributed by atoms with E-state index in [9.17, 15) is 34.2 Å². The summed E-state index contributed by atoms with van der Waals surface area (Å²) in [5.74, 6) is 2.13. The van der Waals surface area contributed by atoms with Crippen molar-refractivity contribution < 1.29 is 62.6 Å². The summed E-state index contributed by atoms with van der Waals surface area (Å²) >= 11 is 12.6. The fourth-order valence-electron chi connectivity index (χ4n) is 8.94. The van der Waals surface area contributed by atoms with Gasteiger partial charge in [-0.25, -0.2) is 9.59 Å². The van der Waals surface area contributed by atoms with E-state index in [2.05, 4.69) is 119 Å². The predicted octanol–water partition coefficient (Wildman–Crippen LogP) is 19.5. The number of benzene rings is 8. The van der Waals surface area contributed by atoms with E-state index in [-0.39, 0.29) is 49.8 Å². The Morgan fingerprint density at radius 2 is 0.407 bits per heavy atom. The highest BCUT2D eigenvalue weighted by molar-refractivity contribution is 9.20. The van der Waals surface area contributed by atoms with E-state index < -0.39 is 25.3 Å². The second kappa shape index (κ2) is 29.8. The topological polar surface area (TPSA) is 181 Å². The van der Waals surface area contributed by atoms with Gasteiger partial charge in [0.05, 0.1) is 4.32 Å². The Hall–Kier alpha value is -7.57. The molecule has 2 N–H and O–H groups in total. The molecule has 0 spiro atoms. The Bertz CT molecular complexity index is 3530. The van der Waals surface area contributed by atoms with Crippen LogP contribution in [0.4, 0.5) is 9.59 Å². The van der Waals surface area contributed by atoms with Crippen LogP contribution in [-0.4, -0.2) is 52.1 Å². The van der Waals surface area contributed by atoms with Gasteiger partial charge in [0, 0.05) is 21.7 Å². The standard InChI is InChI=1S/C39H40Br2O7.C31H30O5.C4H6Br2O/c1-36(2,25-9-17-29(18-10-25)45-33(42)38(5,6)40)27-13-21-31(22-14-27)47-35(44)48-32-23-15-28(16-24-32)37(3,4)26-11-19-30(20-12-26)46-34(43)39(7,8)41;1-30(2,21-5-13-25(32)14-6-21)23-9-17-27(18-10-23)35-29(34)36-28-19-11-24(12-20-28)31(3,4)22-7-15-26(33)16-8-22;1-4(2,6)3(5)7/h9-24H,1-8H3;5-20,32-33H,1-4H3;1-2H3. The van der Waals surface area contributed by atoms with Gasteiger partial charge in [0.1, 0.15) is 54.6 Å². The van der Waals surface area contributed by atoms with Gasteiger partial charge in [0.15, 0.2) is 0 Å². The van der Waals surface area contributed by atoms with Crippen molar-refractivity contribution in [2.24, 2.45) is 0 Å². The third kappa shape index (κ3) is 20.2. The lowest BCUT2D eigenvalue weighted by molar-refractivity contribution is -0.136. The van der Waals surface area contributed by atoms with Gasteiger partial charge in [0.25, 0.3) is 0 Å². The van der Waals surface area contributed by atoms with Crippen LogP contribution in [0.15, 0.2) is 194 Å². The molecule has 0 aliphatic heterocycles. The van der Waals surface area contributed by atoms with Crippen LogP contribution in [0.5, 0.6) is 46.0 Å². The molecule has 17 heteroatoms. The smallest absolute Gasteiger partial charge is 0.508 e. The van der Waals surface area contributed by atoms with Crippen molar-refractivity contribution in [3.8, 4) is 46.0 Å². The molecule has 0 saturated heterocycles. The molecule has 0 fully saturated rings. The highest BCUT2D eigenvalue weighted by Crippen LogP contribution is 2.38. The Labute approximate surface area is 567 Å². The van der Waals surface area contributed by atoms with E-state index in [1.807, 2.05) is 97.1 Å². The minimum Gasteiger partial charge on any atom is -0.508 e. The molecule has 0 saturated carbocycles. The highest BCUT2D eigenvalue weighted by atomic mass is 79.9. The first-order chi connectivity index (χ1) is 42.3. The number of hydrogen-bond acceptors (Lipinski definition) is 13. The maximum absolute atomic E-state index is 12.6. The van der Waals surface area contributed by atoms with Crippen molar-refractivity contribution in [1.29, 1.82) is 0 Å². The largest absolute Gasteiger partial charge is 0.519 e. The molecular weight excluding hydrogens is 1420 g/mol. The number of carbonyl (C=O) groups is 5. The molecule has 8 aromatic carbocycles. The van der Waals surface area contributed by atoms with Gasteiger partial charge in [-0.3, -0.25) is 14.4 Å². The SMILES string of the molecule is CC(C)(Br)C(=O)Br.CC(C)(Br)C(=O)Oc1ccc(C(C)(C)c2ccc(OC(=O)Oc3ccc(C(C)(C)c4ccc(OC(=O)C(C)(C)Br)cc4)cc3)cc2)cc1.CC(C)(c1ccc(O)cc1)c1ccc(OC(=O)Oc2ccc(C(C)(C)c3ccc(O)cc3)cc2)cc1. The molecule has 91 heavy (non-hydrogen) atoms. The van der Waals surface area contributed by atoms with Crippen LogP contribution in [0.2, 0.25) is 0 Å². The summed E-state index contributed by atoms with van der Waals surface area (Å²) in [5, 5.41) is 19.1. The number of phenolic OH excluding ortho intramolecular Hbond substituents is 2. The number of ether oxygens (including phenoxy) is 6. The van der Waals surface area contributed by atoms with E-state index in [1.54, 1.807) is 139 Å². The molecule has 0 atom stereocenters. The summed E-state index contributed by atoms with van der Waals surface area (Å²) < 4.78 is 30.5. The minimum atomic E-state index is -0.845. The average Bonchev–Trinajstić information content (AvgIpc) is 2.14. The summed E-state index contributed by atoms with van der Waals surface area (Å²) in [7, 11) is 0. The second-order valence-corrected chi connectivity index (χ2v) is 31.8. The molecule has 8 aromatic rings. The van der Waals surface area contributed by atoms with E-state index in [4.69, 9.17) is 28.4 Å². The Balaban J connectivity index is 0.000000270. The van der Waals surface area contributed by atoms with Crippen molar-refractivity contribution in [1.82, 2.24) is 0 Å². The molecule has 0 heterocycles. The van der Waals surface area contributed by atoms with Gasteiger partial charge >= 0.3 is 24.2 Å². The van der Waals surface area contributed by atoms with Crippen molar-refractivity contribution in [3.05, 3.63) is 239 Å². The van der Waals surface area contributed by atoms with E-state index in [0.717, 1.165) is 44.5 Å². The molecule has 0 radical (unpaired) electrons. The number of carbonyl (C=O) groups excluding carboxylic acids is 5. The maximum atomic E-state index is 12.6. The lowest BCUT2D eigenvalue weighted by Crippen LogP contribution is -2.29. The zero-order chi connectivity index (χ0) is 67.5. The average molecular weight is 1490 g/mol. The maximum Gasteiger partial charge on any atom is 0.519 e. The molecule has 0 aromatic heterocycles. The molecule has 0 unspecified atom stereocenters. The molecule has 13 nitrogen and oxygen atoms in total. The molecule has 0 bridgehead atoms. The number of phenols is 2. The van der Waals surface area contributed by atoms with Gasteiger partial charge in [0.2, 0.25) is 4.69 Å². The van der Waals surface area contributed by atoms with Gasteiger partial charge in [-0.1, -0.05) is 200 Å². The van der Waals surface area contributed by atoms with Gasteiger partial charge in [-0.15, -0.1) is 0 Å². The summed E-state index contributed by atoms with van der Waals surface area (Å²) in [6.45, 7) is 27.2. The first kappa shape index (κ1) is 72.5. The normalized spacial score (nSPS) is 11.9. The molecule has 0 amide bonds. The zero-order valence-electron chi connectivity index (χ0n) is 53.4. The quantitative estimate of drug-likeness (QED) is 0.0289. The zero-order valence-corrected chi connectivity index (χ0v) is 59.7. The van der Waals surface area contributed by atoms with Crippen molar-refractivity contribution in [3.63, 3.8) is 0 Å². The van der Waals surface area contributed by atoms with E-state index >= 15 is 0 Å². The van der Waals surface area contributed by atoms with Crippen LogP contribution in [0.1, 0.15) is 141 Å². The van der Waals surface area contributed by atoms with Crippen LogP contribution in [-0.2, 0) is 36.0 Å². The van der Waals surface area contributed by atoms with Crippen molar-refractivity contribution in [2.45, 2.75) is 132 Å². The fraction of sp³-hybridized carbons (Fsp3) is 0.284. The second-order valence-electron chi connectivity index (χ2n) is 25.1. The number of halogens is 4. The lowest BCUT2D eigenvalue weighted by Gasteiger charge is -2.26. The summed E-state index contributed by atoms with van der Waals surface area (Å²) in [6, 6.07) is 58.2. The molecular formula is C74H76Br4O13. The Morgan fingerprint density at radius 3 is 0.549 bits per heavy atom. The van der Waals surface area contributed by atoms with Crippen molar-refractivity contribution in [2.75, 3.05) is 0 Å². The highest BCUT2D eigenvalue weighted by Gasteiger charge is 2.31. The van der Waals surface area contributed by atoms with Crippen LogP contribution in [0.25, 0.3) is 0 Å². The van der Waals surface area contributed by atoms with Crippen LogP contribution < -0.4 is 28.4 Å². The molecule has 0 aliphatic carbocycles. The number of alkyl halides is 3. The monoisotopic (exact) mass is 1490 g/mol. The number of aromatic hydroxyl groups is 2. The third-order valence-electron chi connectivity index (χ3n) is 15.3. The van der Waals surface area contributed by atoms with E-state index in [1.165, 1.54) is 0 Å². The van der Waals surface area contributed by atoms with Gasteiger partial charge in [-0.2, -0.15) is 0 Å². The fourth-order valence-corrected chi connectivity index (χ4v) is 9.11. The summed E-state index contributed by atoms with van der Waals surface area (Å²) in [6.07, 6.45) is -1.66. The first-order valence-corrected chi connectivity index (χ1v) is 32.2. The minimum absolute atomic E-state index is 0.0278. The third-order valence-corrected chi connectivity index (χ3v) is 17.8. The van der Waals surface area contributed by atoms with Crippen LogP contribution in [0, 0.1) is 0 Å². The Kier molecular flexibility index (Phi) is 23.7. The van der Waals surface area contributed by atoms with E-state index in [0.29, 0.717) is 34.5 Å². The first-order valence-electron chi connectivity index (χ1n) is 29.0. The predicted molar refractivity (Wildman–Crippen MR) is 371 cm³/mol. The molecule has 8 rings (SSSR count). The van der Waals surface area contributed by atoms with Gasteiger partial charge in [-0.05, 0) is 199 Å². The van der Waals surface area contributed by atoms with Crippen LogP contribution in [0.3, 0.4) is 0 Å².